The van der Waals surface area contributed by atoms with Gasteiger partial charge >= 0.3 is 5.97 Å². The van der Waals surface area contributed by atoms with Gasteiger partial charge in [0.1, 0.15) is 5.76 Å². The molecule has 0 radical (unpaired) electrons. The molecule has 0 saturated heterocycles. The lowest BCUT2D eigenvalue weighted by molar-refractivity contribution is 0.0659. The molecule has 2 unspecified atom stereocenters. The second-order valence-corrected chi connectivity index (χ2v) is 4.43. The molecule has 5 nitrogen and oxygen atoms in total. The van der Waals surface area contributed by atoms with E-state index in [-0.39, 0.29) is 30.4 Å². The molecule has 2 atom stereocenters. The van der Waals surface area contributed by atoms with Crippen molar-refractivity contribution in [3.8, 4) is 0 Å². The second-order valence-electron chi connectivity index (χ2n) is 4.43. The van der Waals surface area contributed by atoms with Gasteiger partial charge in [-0.1, -0.05) is 13.8 Å². The molecule has 0 spiro atoms. The molecule has 96 valence electrons. The van der Waals surface area contributed by atoms with E-state index in [1.807, 2.05) is 20.8 Å². The molecule has 0 fully saturated rings. The van der Waals surface area contributed by atoms with Crippen LogP contribution in [0.4, 0.5) is 0 Å². The lowest BCUT2D eigenvalue weighted by atomic mass is 10.0. The van der Waals surface area contributed by atoms with Crippen molar-refractivity contribution >= 4 is 5.97 Å². The molecule has 1 aromatic rings. The molecule has 0 amide bonds. The van der Waals surface area contributed by atoms with Crippen molar-refractivity contribution < 1.29 is 19.4 Å². The Morgan fingerprint density at radius 1 is 1.41 bits per heavy atom. The maximum Gasteiger partial charge on any atom is 0.371 e. The van der Waals surface area contributed by atoms with Crippen molar-refractivity contribution in [2.75, 3.05) is 6.61 Å². The van der Waals surface area contributed by atoms with Gasteiger partial charge in [0.15, 0.2) is 0 Å². The SMILES string of the molecule is CC(NC(CO)C(C)C)c1ccc(C(=O)O)o1. The Labute approximate surface area is 100 Å². The van der Waals surface area contributed by atoms with Gasteiger partial charge in [0.25, 0.3) is 0 Å². The third-order valence-electron chi connectivity index (χ3n) is 2.73. The minimum Gasteiger partial charge on any atom is -0.475 e. The van der Waals surface area contributed by atoms with Gasteiger partial charge in [0.2, 0.25) is 5.76 Å². The van der Waals surface area contributed by atoms with Gasteiger partial charge in [-0.25, -0.2) is 4.79 Å². The Balaban J connectivity index is 2.68. The van der Waals surface area contributed by atoms with Crippen LogP contribution in [0.25, 0.3) is 0 Å². The summed E-state index contributed by atoms with van der Waals surface area (Å²) in [4.78, 5) is 10.7. The zero-order chi connectivity index (χ0) is 13.0. The standard InChI is InChI=1S/C12H19NO4/c1-7(2)9(6-14)13-8(3)10-4-5-11(17-10)12(15)16/h4-5,7-9,13-14H,6H2,1-3H3,(H,15,16). The summed E-state index contributed by atoms with van der Waals surface area (Å²) in [5.74, 6) is -0.303. The summed E-state index contributed by atoms with van der Waals surface area (Å²) >= 11 is 0. The predicted molar refractivity (Wildman–Crippen MR) is 62.9 cm³/mol. The quantitative estimate of drug-likeness (QED) is 0.705. The molecule has 0 aliphatic heterocycles. The van der Waals surface area contributed by atoms with E-state index in [1.165, 1.54) is 6.07 Å². The first-order valence-corrected chi connectivity index (χ1v) is 5.65. The Morgan fingerprint density at radius 2 is 2.06 bits per heavy atom. The number of carboxylic acid groups (broad SMARTS) is 1. The summed E-state index contributed by atoms with van der Waals surface area (Å²) in [6, 6.07) is 2.89. The lowest BCUT2D eigenvalue weighted by Crippen LogP contribution is -2.38. The van der Waals surface area contributed by atoms with E-state index >= 15 is 0 Å². The molecule has 1 aromatic heterocycles. The van der Waals surface area contributed by atoms with Crippen LogP contribution in [0, 0.1) is 5.92 Å². The van der Waals surface area contributed by atoms with E-state index in [0.717, 1.165) is 0 Å². The summed E-state index contributed by atoms with van der Waals surface area (Å²) in [6.45, 7) is 5.92. The van der Waals surface area contributed by atoms with Crippen LogP contribution >= 0.6 is 0 Å². The monoisotopic (exact) mass is 241 g/mol. The second kappa shape index (κ2) is 5.84. The summed E-state index contributed by atoms with van der Waals surface area (Å²) in [5.41, 5.74) is 0. The number of hydrogen-bond donors (Lipinski definition) is 3. The van der Waals surface area contributed by atoms with E-state index in [1.54, 1.807) is 6.07 Å². The van der Waals surface area contributed by atoms with Crippen LogP contribution < -0.4 is 5.32 Å². The Hall–Kier alpha value is -1.33. The summed E-state index contributed by atoms with van der Waals surface area (Å²) in [7, 11) is 0. The molecule has 1 heterocycles. The summed E-state index contributed by atoms with van der Waals surface area (Å²) in [6.07, 6.45) is 0. The molecule has 5 heteroatoms. The lowest BCUT2D eigenvalue weighted by Gasteiger charge is -2.23. The molecular formula is C12H19NO4. The van der Waals surface area contributed by atoms with Crippen molar-refractivity contribution in [2.45, 2.75) is 32.9 Å². The molecule has 17 heavy (non-hydrogen) atoms. The number of carboxylic acids is 1. The number of carbonyl (C=O) groups is 1. The van der Waals surface area contributed by atoms with Crippen LogP contribution in [-0.2, 0) is 0 Å². The minimum atomic E-state index is -1.08. The fourth-order valence-corrected chi connectivity index (χ4v) is 1.56. The normalized spacial score (nSPS) is 14.9. The Morgan fingerprint density at radius 3 is 2.47 bits per heavy atom. The van der Waals surface area contributed by atoms with Crippen LogP contribution in [0.15, 0.2) is 16.5 Å². The van der Waals surface area contributed by atoms with Crippen molar-refractivity contribution in [1.82, 2.24) is 5.32 Å². The van der Waals surface area contributed by atoms with Crippen molar-refractivity contribution in [2.24, 2.45) is 5.92 Å². The Bertz CT molecular complexity index is 372. The first-order chi connectivity index (χ1) is 7.95. The summed E-state index contributed by atoms with van der Waals surface area (Å²) in [5, 5.41) is 21.1. The predicted octanol–water partition coefficient (Wildman–Crippen LogP) is 1.65. The fraction of sp³-hybridized carbons (Fsp3) is 0.583. The molecule has 0 bridgehead atoms. The van der Waals surface area contributed by atoms with Gasteiger partial charge in [0, 0.05) is 6.04 Å². The van der Waals surface area contributed by atoms with Crippen molar-refractivity contribution in [1.29, 1.82) is 0 Å². The summed E-state index contributed by atoms with van der Waals surface area (Å²) < 4.78 is 5.19. The number of hydrogen-bond acceptors (Lipinski definition) is 4. The van der Waals surface area contributed by atoms with Gasteiger partial charge in [0.05, 0.1) is 12.6 Å². The zero-order valence-electron chi connectivity index (χ0n) is 10.3. The average Bonchev–Trinajstić information content (AvgIpc) is 2.74. The van der Waals surface area contributed by atoms with E-state index < -0.39 is 5.97 Å². The molecule has 0 saturated carbocycles. The molecular weight excluding hydrogens is 222 g/mol. The molecule has 0 aromatic carbocycles. The van der Waals surface area contributed by atoms with E-state index in [9.17, 15) is 9.90 Å². The van der Waals surface area contributed by atoms with Crippen LogP contribution in [-0.4, -0.2) is 28.8 Å². The third kappa shape index (κ3) is 3.57. The fourth-order valence-electron chi connectivity index (χ4n) is 1.56. The minimum absolute atomic E-state index is 0.0362. The van der Waals surface area contributed by atoms with Gasteiger partial charge < -0.3 is 19.9 Å². The van der Waals surface area contributed by atoms with Crippen molar-refractivity contribution in [3.05, 3.63) is 23.7 Å². The van der Waals surface area contributed by atoms with Gasteiger partial charge in [-0.15, -0.1) is 0 Å². The Kier molecular flexibility index (Phi) is 4.72. The number of aliphatic hydroxyl groups is 1. The molecule has 3 N–H and O–H groups in total. The van der Waals surface area contributed by atoms with Gasteiger partial charge in [-0.05, 0) is 25.0 Å². The number of rotatable bonds is 6. The molecule has 1 rings (SSSR count). The van der Waals surface area contributed by atoms with Crippen LogP contribution in [0.3, 0.4) is 0 Å². The highest BCUT2D eigenvalue weighted by Gasteiger charge is 2.19. The van der Waals surface area contributed by atoms with Crippen LogP contribution in [0.5, 0.6) is 0 Å². The van der Waals surface area contributed by atoms with E-state index in [0.29, 0.717) is 5.76 Å². The zero-order valence-corrected chi connectivity index (χ0v) is 10.3. The maximum atomic E-state index is 10.7. The average molecular weight is 241 g/mol. The highest BCUT2D eigenvalue weighted by molar-refractivity contribution is 5.84. The highest BCUT2D eigenvalue weighted by Crippen LogP contribution is 2.18. The van der Waals surface area contributed by atoms with Gasteiger partial charge in [-0.3, -0.25) is 0 Å². The first-order valence-electron chi connectivity index (χ1n) is 5.65. The van der Waals surface area contributed by atoms with E-state index in [4.69, 9.17) is 9.52 Å². The number of nitrogens with one attached hydrogen (secondary N) is 1. The first kappa shape index (κ1) is 13.7. The molecule has 0 aliphatic carbocycles. The largest absolute Gasteiger partial charge is 0.475 e. The van der Waals surface area contributed by atoms with Crippen LogP contribution in [0.2, 0.25) is 0 Å². The number of aromatic carboxylic acids is 1. The topological polar surface area (TPSA) is 82.7 Å². The van der Waals surface area contributed by atoms with E-state index in [2.05, 4.69) is 5.32 Å². The molecule has 0 aliphatic rings. The number of furan rings is 1. The van der Waals surface area contributed by atoms with Gasteiger partial charge in [-0.2, -0.15) is 0 Å². The highest BCUT2D eigenvalue weighted by atomic mass is 16.4. The number of aliphatic hydroxyl groups excluding tert-OH is 1. The maximum absolute atomic E-state index is 10.7. The third-order valence-corrected chi connectivity index (χ3v) is 2.73. The van der Waals surface area contributed by atoms with Crippen LogP contribution in [0.1, 0.15) is 43.1 Å². The smallest absolute Gasteiger partial charge is 0.371 e. The van der Waals surface area contributed by atoms with Crippen molar-refractivity contribution in [3.63, 3.8) is 0 Å².